The van der Waals surface area contributed by atoms with Crippen LogP contribution in [-0.2, 0) is 6.61 Å². The van der Waals surface area contributed by atoms with Gasteiger partial charge in [-0.15, -0.1) is 0 Å². The highest BCUT2D eigenvalue weighted by Gasteiger charge is 2.09. The number of benzene rings is 2. The second-order valence-electron chi connectivity index (χ2n) is 3.79. The number of aldehydes is 1. The standard InChI is InChI=1S/C14H9ClF2O2/c15-12-2-1-3-14(11(12)7-18)19-8-9-6-10(16)4-5-13(9)17/h1-7H,8H2. The molecular weight excluding hydrogens is 274 g/mol. The van der Waals surface area contributed by atoms with Crippen LogP contribution in [0.5, 0.6) is 5.75 Å². The highest BCUT2D eigenvalue weighted by Crippen LogP contribution is 2.25. The third-order valence-corrected chi connectivity index (χ3v) is 2.85. The van der Waals surface area contributed by atoms with Gasteiger partial charge in [0.25, 0.3) is 0 Å². The number of ether oxygens (including phenoxy) is 1. The van der Waals surface area contributed by atoms with Gasteiger partial charge in [-0.2, -0.15) is 0 Å². The molecule has 2 rings (SSSR count). The van der Waals surface area contributed by atoms with Crippen LogP contribution >= 0.6 is 11.6 Å². The third kappa shape index (κ3) is 3.09. The molecule has 2 aromatic rings. The fraction of sp³-hybridized carbons (Fsp3) is 0.0714. The summed E-state index contributed by atoms with van der Waals surface area (Å²) in [4.78, 5) is 10.9. The van der Waals surface area contributed by atoms with Gasteiger partial charge in [0, 0.05) is 5.56 Å². The van der Waals surface area contributed by atoms with Gasteiger partial charge in [-0.3, -0.25) is 4.79 Å². The Morgan fingerprint density at radius 1 is 1.21 bits per heavy atom. The fourth-order valence-electron chi connectivity index (χ4n) is 1.57. The predicted molar refractivity (Wildman–Crippen MR) is 67.5 cm³/mol. The van der Waals surface area contributed by atoms with E-state index in [1.165, 1.54) is 6.07 Å². The van der Waals surface area contributed by atoms with Crippen LogP contribution < -0.4 is 4.74 Å². The number of carbonyl (C=O) groups is 1. The van der Waals surface area contributed by atoms with Crippen molar-refractivity contribution in [3.63, 3.8) is 0 Å². The van der Waals surface area contributed by atoms with E-state index in [-0.39, 0.29) is 28.5 Å². The summed E-state index contributed by atoms with van der Waals surface area (Å²) < 4.78 is 31.7. The van der Waals surface area contributed by atoms with Gasteiger partial charge < -0.3 is 4.74 Å². The first kappa shape index (κ1) is 13.5. The van der Waals surface area contributed by atoms with Crippen LogP contribution in [0.15, 0.2) is 36.4 Å². The maximum absolute atomic E-state index is 13.4. The lowest BCUT2D eigenvalue weighted by Gasteiger charge is -2.10. The molecule has 0 aliphatic carbocycles. The summed E-state index contributed by atoms with van der Waals surface area (Å²) in [5, 5.41) is 0.243. The van der Waals surface area contributed by atoms with Crippen LogP contribution in [0, 0.1) is 11.6 Å². The van der Waals surface area contributed by atoms with Crippen molar-refractivity contribution >= 4 is 17.9 Å². The molecule has 0 N–H and O–H groups in total. The van der Waals surface area contributed by atoms with E-state index in [1.54, 1.807) is 12.1 Å². The molecule has 0 fully saturated rings. The smallest absolute Gasteiger partial charge is 0.155 e. The van der Waals surface area contributed by atoms with E-state index in [0.717, 1.165) is 18.2 Å². The van der Waals surface area contributed by atoms with Crippen LogP contribution in [0.25, 0.3) is 0 Å². The molecule has 0 saturated heterocycles. The van der Waals surface area contributed by atoms with Crippen molar-refractivity contribution in [2.75, 3.05) is 0 Å². The first-order chi connectivity index (χ1) is 9.11. The van der Waals surface area contributed by atoms with Crippen molar-refractivity contribution in [1.82, 2.24) is 0 Å². The summed E-state index contributed by atoms with van der Waals surface area (Å²) in [7, 11) is 0. The zero-order chi connectivity index (χ0) is 13.8. The Morgan fingerprint density at radius 2 is 2.00 bits per heavy atom. The van der Waals surface area contributed by atoms with E-state index in [9.17, 15) is 13.6 Å². The van der Waals surface area contributed by atoms with Gasteiger partial charge in [0.2, 0.25) is 0 Å². The molecular formula is C14H9ClF2O2. The van der Waals surface area contributed by atoms with E-state index in [4.69, 9.17) is 16.3 Å². The van der Waals surface area contributed by atoms with Gasteiger partial charge in [-0.05, 0) is 30.3 Å². The quantitative estimate of drug-likeness (QED) is 0.792. The fourth-order valence-corrected chi connectivity index (χ4v) is 1.78. The van der Waals surface area contributed by atoms with Gasteiger partial charge in [-0.1, -0.05) is 17.7 Å². The SMILES string of the molecule is O=Cc1c(Cl)cccc1OCc1cc(F)ccc1F. The first-order valence-corrected chi connectivity index (χ1v) is 5.80. The molecule has 0 aliphatic rings. The number of rotatable bonds is 4. The molecule has 0 aliphatic heterocycles. The minimum absolute atomic E-state index is 0.0665. The van der Waals surface area contributed by atoms with Gasteiger partial charge in [0.1, 0.15) is 24.0 Å². The van der Waals surface area contributed by atoms with Crippen LogP contribution in [0.1, 0.15) is 15.9 Å². The van der Waals surface area contributed by atoms with Gasteiger partial charge in [0.05, 0.1) is 10.6 Å². The summed E-state index contributed by atoms with van der Waals surface area (Å²) in [5.41, 5.74) is 0.248. The molecule has 0 bridgehead atoms. The van der Waals surface area contributed by atoms with E-state index in [1.807, 2.05) is 0 Å². The molecule has 0 aromatic heterocycles. The average Bonchev–Trinajstić information content (AvgIpc) is 2.40. The molecule has 2 nitrogen and oxygen atoms in total. The Balaban J connectivity index is 2.21. The maximum atomic E-state index is 13.4. The second kappa shape index (κ2) is 5.80. The van der Waals surface area contributed by atoms with Crippen LogP contribution in [0.3, 0.4) is 0 Å². The molecule has 19 heavy (non-hydrogen) atoms. The maximum Gasteiger partial charge on any atom is 0.155 e. The number of hydrogen-bond acceptors (Lipinski definition) is 2. The highest BCUT2D eigenvalue weighted by molar-refractivity contribution is 6.33. The molecule has 0 atom stereocenters. The van der Waals surface area contributed by atoms with Crippen LogP contribution in [0.4, 0.5) is 8.78 Å². The topological polar surface area (TPSA) is 26.3 Å². The number of hydrogen-bond donors (Lipinski definition) is 0. The third-order valence-electron chi connectivity index (χ3n) is 2.52. The highest BCUT2D eigenvalue weighted by atomic mass is 35.5. The van der Waals surface area contributed by atoms with Crippen LogP contribution in [0.2, 0.25) is 5.02 Å². The summed E-state index contributed by atoms with van der Waals surface area (Å²) in [6, 6.07) is 7.77. The Bertz CT molecular complexity index is 614. The molecule has 0 unspecified atom stereocenters. The van der Waals surface area contributed by atoms with Crippen molar-refractivity contribution in [1.29, 1.82) is 0 Å². The van der Waals surface area contributed by atoms with Crippen molar-refractivity contribution < 1.29 is 18.3 Å². The minimum Gasteiger partial charge on any atom is -0.488 e. The lowest BCUT2D eigenvalue weighted by atomic mass is 10.2. The molecule has 0 saturated carbocycles. The predicted octanol–water partition coefficient (Wildman–Crippen LogP) is 4.01. The normalized spacial score (nSPS) is 10.3. The summed E-state index contributed by atoms with van der Waals surface area (Å²) >= 11 is 5.82. The summed E-state index contributed by atoms with van der Waals surface area (Å²) in [6.45, 7) is -0.190. The average molecular weight is 283 g/mol. The second-order valence-corrected chi connectivity index (χ2v) is 4.20. The van der Waals surface area contributed by atoms with Gasteiger partial charge >= 0.3 is 0 Å². The zero-order valence-electron chi connectivity index (χ0n) is 9.70. The van der Waals surface area contributed by atoms with Crippen molar-refractivity contribution in [3.8, 4) is 5.75 Å². The van der Waals surface area contributed by atoms with E-state index < -0.39 is 11.6 Å². The van der Waals surface area contributed by atoms with E-state index in [2.05, 4.69) is 0 Å². The summed E-state index contributed by atoms with van der Waals surface area (Å²) in [5.74, 6) is -0.899. The molecule has 0 amide bonds. The molecule has 0 heterocycles. The zero-order valence-corrected chi connectivity index (χ0v) is 10.5. The Hall–Kier alpha value is -1.94. The molecule has 0 radical (unpaired) electrons. The Labute approximate surface area is 113 Å². The van der Waals surface area contributed by atoms with Crippen LogP contribution in [-0.4, -0.2) is 6.29 Å². The van der Waals surface area contributed by atoms with E-state index in [0.29, 0.717) is 6.29 Å². The lowest BCUT2D eigenvalue weighted by molar-refractivity contribution is 0.111. The number of halogens is 3. The Kier molecular flexibility index (Phi) is 4.12. The largest absolute Gasteiger partial charge is 0.488 e. The van der Waals surface area contributed by atoms with E-state index >= 15 is 0 Å². The van der Waals surface area contributed by atoms with Gasteiger partial charge in [-0.25, -0.2) is 8.78 Å². The monoisotopic (exact) mass is 282 g/mol. The Morgan fingerprint density at radius 3 is 2.74 bits per heavy atom. The molecule has 5 heteroatoms. The van der Waals surface area contributed by atoms with Crippen molar-refractivity contribution in [2.45, 2.75) is 6.61 Å². The van der Waals surface area contributed by atoms with Crippen molar-refractivity contribution in [2.24, 2.45) is 0 Å². The number of carbonyl (C=O) groups excluding carboxylic acids is 1. The first-order valence-electron chi connectivity index (χ1n) is 5.42. The molecule has 98 valence electrons. The van der Waals surface area contributed by atoms with Crippen molar-refractivity contribution in [3.05, 3.63) is 64.2 Å². The summed E-state index contributed by atoms with van der Waals surface area (Å²) in [6.07, 6.45) is 0.555. The molecule has 0 spiro atoms. The lowest BCUT2D eigenvalue weighted by Crippen LogP contribution is -2.01. The van der Waals surface area contributed by atoms with Gasteiger partial charge in [0.15, 0.2) is 6.29 Å². The minimum atomic E-state index is -0.573. The molecule has 2 aromatic carbocycles.